The number of benzene rings is 2. The summed E-state index contributed by atoms with van der Waals surface area (Å²) >= 11 is 0. The molecule has 0 atom stereocenters. The van der Waals surface area contributed by atoms with E-state index < -0.39 is 0 Å². The lowest BCUT2D eigenvalue weighted by Crippen LogP contribution is -2.41. The van der Waals surface area contributed by atoms with Gasteiger partial charge in [0.1, 0.15) is 11.5 Å². The number of amides is 1. The highest BCUT2D eigenvalue weighted by molar-refractivity contribution is 5.94. The molecule has 7 nitrogen and oxygen atoms in total. The summed E-state index contributed by atoms with van der Waals surface area (Å²) in [5.41, 5.74) is 0.573. The van der Waals surface area contributed by atoms with E-state index >= 15 is 0 Å². The van der Waals surface area contributed by atoms with Gasteiger partial charge < -0.3 is 25.4 Å². The second-order valence-corrected chi connectivity index (χ2v) is 6.19. The summed E-state index contributed by atoms with van der Waals surface area (Å²) < 4.78 is 10.8. The number of rotatable bonds is 11. The number of aliphatic imine (C=N–C) groups is 1. The molecule has 0 heterocycles. The molecule has 2 rings (SSSR count). The monoisotopic (exact) mass is 398 g/mol. The minimum absolute atomic E-state index is 0.134. The second kappa shape index (κ2) is 13.0. The molecule has 0 aliphatic carbocycles. The number of nitrogens with one attached hydrogen (secondary N) is 3. The van der Waals surface area contributed by atoms with E-state index in [2.05, 4.69) is 20.9 Å². The van der Waals surface area contributed by atoms with Gasteiger partial charge in [-0.1, -0.05) is 24.3 Å². The Morgan fingerprint density at radius 3 is 2.48 bits per heavy atom. The maximum Gasteiger partial charge on any atom is 0.251 e. The molecule has 0 saturated heterocycles. The normalized spacial score (nSPS) is 10.9. The fraction of sp³-hybridized carbons (Fsp3) is 0.364. The smallest absolute Gasteiger partial charge is 0.251 e. The van der Waals surface area contributed by atoms with Gasteiger partial charge in [-0.3, -0.25) is 9.79 Å². The molecule has 156 valence electrons. The SMILES string of the molecule is CCNC(=NCCCOc1ccccc1)NCCNC(=O)c1cccc(OC)c1. The van der Waals surface area contributed by atoms with E-state index in [0.717, 1.165) is 24.7 Å². The van der Waals surface area contributed by atoms with Crippen molar-refractivity contribution in [3.05, 3.63) is 60.2 Å². The lowest BCUT2D eigenvalue weighted by Gasteiger charge is -2.12. The van der Waals surface area contributed by atoms with Gasteiger partial charge in [-0.2, -0.15) is 0 Å². The molecule has 0 saturated carbocycles. The van der Waals surface area contributed by atoms with Gasteiger partial charge in [0.15, 0.2) is 5.96 Å². The molecule has 0 aromatic heterocycles. The third-order valence-corrected chi connectivity index (χ3v) is 3.96. The topological polar surface area (TPSA) is 84.0 Å². The molecule has 0 unspecified atom stereocenters. The van der Waals surface area contributed by atoms with Crippen molar-refractivity contribution >= 4 is 11.9 Å². The maximum atomic E-state index is 12.2. The lowest BCUT2D eigenvalue weighted by atomic mass is 10.2. The van der Waals surface area contributed by atoms with Crippen molar-refractivity contribution in [3.63, 3.8) is 0 Å². The summed E-state index contributed by atoms with van der Waals surface area (Å²) in [5, 5.41) is 9.29. The van der Waals surface area contributed by atoms with Crippen LogP contribution >= 0.6 is 0 Å². The highest BCUT2D eigenvalue weighted by atomic mass is 16.5. The van der Waals surface area contributed by atoms with E-state index in [0.29, 0.717) is 37.6 Å². The molecular formula is C22H30N4O3. The largest absolute Gasteiger partial charge is 0.497 e. The first-order valence-electron chi connectivity index (χ1n) is 9.85. The number of guanidine groups is 1. The van der Waals surface area contributed by atoms with E-state index in [1.54, 1.807) is 25.3 Å². The van der Waals surface area contributed by atoms with E-state index in [1.807, 2.05) is 43.3 Å². The average Bonchev–Trinajstić information content (AvgIpc) is 2.77. The van der Waals surface area contributed by atoms with Gasteiger partial charge in [-0.15, -0.1) is 0 Å². The highest BCUT2D eigenvalue weighted by Crippen LogP contribution is 2.12. The van der Waals surface area contributed by atoms with Crippen LogP contribution < -0.4 is 25.4 Å². The van der Waals surface area contributed by atoms with Crippen LogP contribution in [0.1, 0.15) is 23.7 Å². The Labute approximate surface area is 172 Å². The van der Waals surface area contributed by atoms with Crippen LogP contribution in [0.2, 0.25) is 0 Å². The molecule has 0 fully saturated rings. The predicted molar refractivity (Wildman–Crippen MR) is 116 cm³/mol. The van der Waals surface area contributed by atoms with Crippen LogP contribution in [-0.2, 0) is 0 Å². The number of nitrogens with zero attached hydrogens (tertiary/aromatic N) is 1. The van der Waals surface area contributed by atoms with Crippen LogP contribution in [0, 0.1) is 0 Å². The summed E-state index contributed by atoms with van der Waals surface area (Å²) in [7, 11) is 1.58. The van der Waals surface area contributed by atoms with E-state index in [9.17, 15) is 4.79 Å². The summed E-state index contributed by atoms with van der Waals surface area (Å²) in [6, 6.07) is 16.8. The number of carbonyl (C=O) groups excluding carboxylic acids is 1. The zero-order valence-electron chi connectivity index (χ0n) is 17.1. The number of hydrogen-bond donors (Lipinski definition) is 3. The van der Waals surface area contributed by atoms with Crippen molar-refractivity contribution in [1.29, 1.82) is 0 Å². The zero-order valence-corrected chi connectivity index (χ0v) is 17.1. The Morgan fingerprint density at radius 1 is 0.966 bits per heavy atom. The Kier molecular flexibility index (Phi) is 9.93. The summed E-state index contributed by atoms with van der Waals surface area (Å²) in [4.78, 5) is 16.7. The average molecular weight is 399 g/mol. The zero-order chi connectivity index (χ0) is 20.7. The Balaban J connectivity index is 1.67. The van der Waals surface area contributed by atoms with Gasteiger partial charge in [0.25, 0.3) is 5.91 Å². The van der Waals surface area contributed by atoms with Crippen molar-refractivity contribution in [2.75, 3.05) is 39.9 Å². The summed E-state index contributed by atoms with van der Waals surface area (Å²) in [5.74, 6) is 2.12. The number of para-hydroxylation sites is 1. The van der Waals surface area contributed by atoms with Crippen LogP contribution in [0.4, 0.5) is 0 Å². The van der Waals surface area contributed by atoms with Crippen molar-refractivity contribution in [2.45, 2.75) is 13.3 Å². The van der Waals surface area contributed by atoms with Crippen LogP contribution in [0.25, 0.3) is 0 Å². The second-order valence-electron chi connectivity index (χ2n) is 6.19. The predicted octanol–water partition coefficient (Wildman–Crippen LogP) is 2.45. The van der Waals surface area contributed by atoms with Gasteiger partial charge in [-0.25, -0.2) is 0 Å². The van der Waals surface area contributed by atoms with Gasteiger partial charge in [0, 0.05) is 38.2 Å². The molecule has 29 heavy (non-hydrogen) atoms. The molecule has 7 heteroatoms. The Morgan fingerprint density at radius 2 is 1.72 bits per heavy atom. The first-order valence-corrected chi connectivity index (χ1v) is 9.85. The molecule has 0 radical (unpaired) electrons. The fourth-order valence-electron chi connectivity index (χ4n) is 2.53. The van der Waals surface area contributed by atoms with Gasteiger partial charge in [0.2, 0.25) is 0 Å². The first-order chi connectivity index (χ1) is 14.2. The van der Waals surface area contributed by atoms with Gasteiger partial charge in [-0.05, 0) is 37.3 Å². The summed E-state index contributed by atoms with van der Waals surface area (Å²) in [6.45, 7) is 5.10. The number of carbonyl (C=O) groups is 1. The van der Waals surface area contributed by atoms with Gasteiger partial charge in [0.05, 0.1) is 13.7 Å². The van der Waals surface area contributed by atoms with Crippen molar-refractivity contribution in [1.82, 2.24) is 16.0 Å². The highest BCUT2D eigenvalue weighted by Gasteiger charge is 2.06. The summed E-state index contributed by atoms with van der Waals surface area (Å²) in [6.07, 6.45) is 0.818. The molecule has 0 spiro atoms. The number of ether oxygens (including phenoxy) is 2. The van der Waals surface area contributed by atoms with E-state index in [1.165, 1.54) is 0 Å². The quantitative estimate of drug-likeness (QED) is 0.308. The Bertz CT molecular complexity index is 766. The molecule has 1 amide bonds. The van der Waals surface area contributed by atoms with Gasteiger partial charge >= 0.3 is 0 Å². The maximum absolute atomic E-state index is 12.2. The van der Waals surface area contributed by atoms with Crippen LogP contribution in [-0.4, -0.2) is 51.8 Å². The Hall–Kier alpha value is -3.22. The molecule has 3 N–H and O–H groups in total. The minimum Gasteiger partial charge on any atom is -0.497 e. The third kappa shape index (κ3) is 8.55. The molecule has 2 aromatic rings. The van der Waals surface area contributed by atoms with Crippen LogP contribution in [0.5, 0.6) is 11.5 Å². The molecule has 0 aliphatic heterocycles. The molecular weight excluding hydrogens is 368 g/mol. The molecule has 2 aromatic carbocycles. The number of hydrogen-bond acceptors (Lipinski definition) is 4. The molecule has 0 bridgehead atoms. The number of methoxy groups -OCH3 is 1. The third-order valence-electron chi connectivity index (χ3n) is 3.96. The fourth-order valence-corrected chi connectivity index (χ4v) is 2.53. The van der Waals surface area contributed by atoms with E-state index in [4.69, 9.17) is 9.47 Å². The van der Waals surface area contributed by atoms with Crippen molar-refractivity contribution < 1.29 is 14.3 Å². The molecule has 0 aliphatic rings. The lowest BCUT2D eigenvalue weighted by molar-refractivity contribution is 0.0954. The van der Waals surface area contributed by atoms with Crippen LogP contribution in [0.3, 0.4) is 0 Å². The van der Waals surface area contributed by atoms with Crippen molar-refractivity contribution in [2.24, 2.45) is 4.99 Å². The van der Waals surface area contributed by atoms with E-state index in [-0.39, 0.29) is 5.91 Å². The van der Waals surface area contributed by atoms with Crippen LogP contribution in [0.15, 0.2) is 59.6 Å². The minimum atomic E-state index is -0.134. The van der Waals surface area contributed by atoms with Crippen molar-refractivity contribution in [3.8, 4) is 11.5 Å². The first kappa shape index (κ1) is 22.1. The standard InChI is InChI=1S/C22H30N4O3/c1-3-23-22(25-13-8-16-29-19-10-5-4-6-11-19)26-15-14-24-21(27)18-9-7-12-20(17-18)28-2/h4-7,9-12,17H,3,8,13-16H2,1-2H3,(H,24,27)(H2,23,25,26).